The van der Waals surface area contributed by atoms with Gasteiger partial charge in [-0.2, -0.15) is 0 Å². The molecule has 1 heterocycles. The zero-order valence-corrected chi connectivity index (χ0v) is 16.0. The van der Waals surface area contributed by atoms with Gasteiger partial charge in [0.25, 0.3) is 0 Å². The number of aliphatic hydroxyl groups is 2. The van der Waals surface area contributed by atoms with E-state index in [4.69, 9.17) is 4.74 Å². The Kier molecular flexibility index (Phi) is 7.48. The molecule has 1 aliphatic heterocycles. The standard InChI is InChI=1S/C23H32O4/c24-21-16-22(25)20-15-14-18(13-12-17-8-4-3-5-9-17)27-23(26)11-7-2-1-6-10-19(20)21/h1,3-6,8-9,18-22,24-25H,2,7,10-16H2/t18-,19?,20?,21+,22-/m1/s1. The Balaban J connectivity index is 1.66. The maximum atomic E-state index is 12.2. The lowest BCUT2D eigenvalue weighted by molar-refractivity contribution is -0.150. The van der Waals surface area contributed by atoms with Crippen molar-refractivity contribution in [2.45, 2.75) is 76.1 Å². The van der Waals surface area contributed by atoms with E-state index in [1.165, 1.54) is 5.56 Å². The van der Waals surface area contributed by atoms with Crippen molar-refractivity contribution < 1.29 is 19.7 Å². The van der Waals surface area contributed by atoms with Crippen LogP contribution in [0, 0.1) is 11.8 Å². The van der Waals surface area contributed by atoms with Gasteiger partial charge < -0.3 is 14.9 Å². The van der Waals surface area contributed by atoms with Crippen LogP contribution >= 0.6 is 0 Å². The van der Waals surface area contributed by atoms with Crippen LogP contribution in [0.1, 0.15) is 56.9 Å². The molecule has 0 saturated heterocycles. The third-order valence-corrected chi connectivity index (χ3v) is 6.07. The van der Waals surface area contributed by atoms with Gasteiger partial charge in [-0.1, -0.05) is 42.5 Å². The van der Waals surface area contributed by atoms with Crippen LogP contribution in [0.4, 0.5) is 0 Å². The predicted molar refractivity (Wildman–Crippen MR) is 105 cm³/mol. The van der Waals surface area contributed by atoms with E-state index in [1.54, 1.807) is 0 Å². The minimum Gasteiger partial charge on any atom is -0.462 e. The number of hydrogen-bond acceptors (Lipinski definition) is 4. The largest absolute Gasteiger partial charge is 0.462 e. The fraction of sp³-hybridized carbons (Fsp3) is 0.609. The van der Waals surface area contributed by atoms with Gasteiger partial charge in [0.05, 0.1) is 12.2 Å². The summed E-state index contributed by atoms with van der Waals surface area (Å²) < 4.78 is 5.79. The molecule has 4 heteroatoms. The van der Waals surface area contributed by atoms with Gasteiger partial charge in [0.1, 0.15) is 6.10 Å². The van der Waals surface area contributed by atoms with Gasteiger partial charge in [0.2, 0.25) is 0 Å². The lowest BCUT2D eigenvalue weighted by Crippen LogP contribution is -2.25. The Hall–Kier alpha value is -1.65. The van der Waals surface area contributed by atoms with Gasteiger partial charge in [0, 0.05) is 6.42 Å². The fourth-order valence-corrected chi connectivity index (χ4v) is 4.50. The summed E-state index contributed by atoms with van der Waals surface area (Å²) in [4.78, 5) is 12.2. The van der Waals surface area contributed by atoms with Crippen molar-refractivity contribution in [2.75, 3.05) is 0 Å². The summed E-state index contributed by atoms with van der Waals surface area (Å²) in [5.74, 6) is 0.0510. The second-order valence-electron chi connectivity index (χ2n) is 8.01. The molecular formula is C23H32O4. The Bertz CT molecular complexity index is 612. The summed E-state index contributed by atoms with van der Waals surface area (Å²) in [6.45, 7) is 0. The number of aryl methyl sites for hydroxylation is 1. The zero-order chi connectivity index (χ0) is 19.1. The van der Waals surface area contributed by atoms with Crippen molar-refractivity contribution in [1.29, 1.82) is 0 Å². The van der Waals surface area contributed by atoms with Gasteiger partial charge >= 0.3 is 5.97 Å². The van der Waals surface area contributed by atoms with E-state index in [0.717, 1.165) is 44.9 Å². The third-order valence-electron chi connectivity index (χ3n) is 6.07. The van der Waals surface area contributed by atoms with E-state index in [9.17, 15) is 15.0 Å². The first-order valence-corrected chi connectivity index (χ1v) is 10.4. The highest BCUT2D eigenvalue weighted by Gasteiger charge is 2.40. The highest BCUT2D eigenvalue weighted by molar-refractivity contribution is 5.69. The molecule has 0 bridgehead atoms. The molecule has 1 aromatic rings. The smallest absolute Gasteiger partial charge is 0.306 e. The first-order valence-electron chi connectivity index (χ1n) is 10.4. The third kappa shape index (κ3) is 5.91. The molecule has 0 radical (unpaired) electrons. The van der Waals surface area contributed by atoms with E-state index < -0.39 is 12.2 Å². The van der Waals surface area contributed by atoms with Crippen LogP contribution in [0.3, 0.4) is 0 Å². The number of fused-ring (bicyclic) bond motifs is 1. The first-order chi connectivity index (χ1) is 13.1. The topological polar surface area (TPSA) is 66.8 Å². The monoisotopic (exact) mass is 372 g/mol. The van der Waals surface area contributed by atoms with Gasteiger partial charge in [-0.3, -0.25) is 4.79 Å². The maximum Gasteiger partial charge on any atom is 0.306 e. The van der Waals surface area contributed by atoms with Crippen molar-refractivity contribution >= 4 is 5.97 Å². The van der Waals surface area contributed by atoms with E-state index >= 15 is 0 Å². The summed E-state index contributed by atoms with van der Waals surface area (Å²) in [6.07, 6.45) is 9.70. The quantitative estimate of drug-likeness (QED) is 0.626. The number of ether oxygens (including phenoxy) is 1. The summed E-state index contributed by atoms with van der Waals surface area (Å²) >= 11 is 0. The number of cyclic esters (lactones) is 1. The molecule has 2 N–H and O–H groups in total. The van der Waals surface area contributed by atoms with Crippen LogP contribution in [-0.2, 0) is 16.0 Å². The summed E-state index contributed by atoms with van der Waals surface area (Å²) in [7, 11) is 0. The summed E-state index contributed by atoms with van der Waals surface area (Å²) in [5.41, 5.74) is 1.25. The molecule has 0 spiro atoms. The molecule has 3 rings (SSSR count). The second-order valence-corrected chi connectivity index (χ2v) is 8.01. The van der Waals surface area contributed by atoms with Gasteiger partial charge in [-0.25, -0.2) is 0 Å². The number of rotatable bonds is 3. The van der Waals surface area contributed by atoms with Gasteiger partial charge in [0.15, 0.2) is 0 Å². The van der Waals surface area contributed by atoms with E-state index in [1.807, 2.05) is 18.2 Å². The molecule has 5 atom stereocenters. The average Bonchev–Trinajstić information content (AvgIpc) is 2.94. The van der Waals surface area contributed by atoms with Gasteiger partial charge in [-0.15, -0.1) is 0 Å². The maximum absolute atomic E-state index is 12.2. The molecule has 2 aliphatic rings. The van der Waals surface area contributed by atoms with Gasteiger partial charge in [-0.05, 0) is 68.8 Å². The molecule has 0 amide bonds. The number of aliphatic hydroxyl groups excluding tert-OH is 2. The molecule has 2 unspecified atom stereocenters. The summed E-state index contributed by atoms with van der Waals surface area (Å²) in [6, 6.07) is 10.3. The minimum absolute atomic E-state index is 0.0725. The molecular weight excluding hydrogens is 340 g/mol. The number of benzene rings is 1. The van der Waals surface area contributed by atoms with Crippen LogP contribution in [0.5, 0.6) is 0 Å². The summed E-state index contributed by atoms with van der Waals surface area (Å²) in [5, 5.41) is 20.7. The molecule has 148 valence electrons. The number of hydrogen-bond donors (Lipinski definition) is 2. The van der Waals surface area contributed by atoms with Crippen LogP contribution in [0.15, 0.2) is 42.5 Å². The Morgan fingerprint density at radius 3 is 2.59 bits per heavy atom. The minimum atomic E-state index is -0.464. The van der Waals surface area contributed by atoms with Crippen molar-refractivity contribution in [2.24, 2.45) is 11.8 Å². The van der Waals surface area contributed by atoms with Crippen LogP contribution in [0.2, 0.25) is 0 Å². The SMILES string of the molecule is O=C1CCCC=CCC2C(CC[C@@H](CCc3ccccc3)O1)[C@H](O)C[C@@H]2O. The molecule has 27 heavy (non-hydrogen) atoms. The predicted octanol–water partition coefficient (Wildman–Crippen LogP) is 3.80. The van der Waals surface area contributed by atoms with E-state index in [2.05, 4.69) is 24.3 Å². The molecule has 1 aromatic carbocycles. The highest BCUT2D eigenvalue weighted by Crippen LogP contribution is 2.39. The number of carbonyl (C=O) groups excluding carboxylic acids is 1. The second kappa shape index (κ2) is 10.0. The molecule has 0 aromatic heterocycles. The number of allylic oxidation sites excluding steroid dienone is 2. The first kappa shape index (κ1) is 20.1. The van der Waals surface area contributed by atoms with Crippen molar-refractivity contribution in [3.05, 3.63) is 48.0 Å². The van der Waals surface area contributed by atoms with Crippen molar-refractivity contribution in [3.8, 4) is 0 Å². The Morgan fingerprint density at radius 1 is 1.00 bits per heavy atom. The van der Waals surface area contributed by atoms with E-state index in [-0.39, 0.29) is 23.9 Å². The molecule has 1 fully saturated rings. The highest BCUT2D eigenvalue weighted by atomic mass is 16.5. The zero-order valence-electron chi connectivity index (χ0n) is 16.0. The normalized spacial score (nSPS) is 32.7. The average molecular weight is 373 g/mol. The molecule has 1 saturated carbocycles. The van der Waals surface area contributed by atoms with Crippen LogP contribution in [0.25, 0.3) is 0 Å². The van der Waals surface area contributed by atoms with Crippen molar-refractivity contribution in [1.82, 2.24) is 0 Å². The molecule has 1 aliphatic carbocycles. The number of carbonyl (C=O) groups is 1. The van der Waals surface area contributed by atoms with Crippen molar-refractivity contribution in [3.63, 3.8) is 0 Å². The lowest BCUT2D eigenvalue weighted by Gasteiger charge is -2.25. The molecule has 4 nitrogen and oxygen atoms in total. The Morgan fingerprint density at radius 2 is 1.78 bits per heavy atom. The lowest BCUT2D eigenvalue weighted by atomic mass is 9.85. The Labute approximate surface area is 162 Å². The number of esters is 1. The fourth-order valence-electron chi connectivity index (χ4n) is 4.50. The van der Waals surface area contributed by atoms with Crippen LogP contribution in [-0.4, -0.2) is 34.5 Å². The van der Waals surface area contributed by atoms with E-state index in [0.29, 0.717) is 12.8 Å². The van der Waals surface area contributed by atoms with Crippen LogP contribution < -0.4 is 0 Å².